The largest absolute Gasteiger partial charge is 0.494 e. The number of aromatic amines is 1. The molecule has 2 aromatic heterocycles. The lowest BCUT2D eigenvalue weighted by Crippen LogP contribution is -2.14. The van der Waals surface area contributed by atoms with Gasteiger partial charge in [-0.05, 0) is 12.1 Å². The molecule has 2 heterocycles. The lowest BCUT2D eigenvalue weighted by molar-refractivity contribution is 0.411. The first-order chi connectivity index (χ1) is 10.7. The Morgan fingerprint density at radius 1 is 1.36 bits per heavy atom. The van der Waals surface area contributed by atoms with Crippen molar-refractivity contribution in [3.63, 3.8) is 0 Å². The Hall–Kier alpha value is -2.41. The Labute approximate surface area is 131 Å². The van der Waals surface area contributed by atoms with Crippen LogP contribution in [-0.2, 0) is 12.8 Å². The highest BCUT2D eigenvalue weighted by molar-refractivity contribution is 7.98. The van der Waals surface area contributed by atoms with Crippen LogP contribution >= 0.6 is 11.8 Å². The summed E-state index contributed by atoms with van der Waals surface area (Å²) >= 11 is 1.57. The lowest BCUT2D eigenvalue weighted by atomic mass is 10.3. The van der Waals surface area contributed by atoms with Gasteiger partial charge >= 0.3 is 0 Å². The van der Waals surface area contributed by atoms with Gasteiger partial charge in [-0.3, -0.25) is 9.89 Å². The maximum absolute atomic E-state index is 12.2. The normalized spacial score (nSPS) is 10.8. The van der Waals surface area contributed by atoms with Crippen LogP contribution in [0.4, 0.5) is 0 Å². The second-order valence-electron chi connectivity index (χ2n) is 4.74. The van der Waals surface area contributed by atoms with Gasteiger partial charge in [-0.25, -0.2) is 9.67 Å². The van der Waals surface area contributed by atoms with Crippen LogP contribution in [0.2, 0.25) is 0 Å². The van der Waals surface area contributed by atoms with Crippen molar-refractivity contribution in [1.82, 2.24) is 19.3 Å². The van der Waals surface area contributed by atoms with Gasteiger partial charge in [0.15, 0.2) is 5.16 Å². The third kappa shape index (κ3) is 2.80. The van der Waals surface area contributed by atoms with E-state index in [0.29, 0.717) is 17.2 Å². The molecular weight excluding hydrogens is 300 g/mol. The van der Waals surface area contributed by atoms with E-state index in [1.54, 1.807) is 31.1 Å². The van der Waals surface area contributed by atoms with Gasteiger partial charge in [0, 0.05) is 37.0 Å². The third-order valence-corrected chi connectivity index (χ3v) is 4.34. The van der Waals surface area contributed by atoms with Crippen molar-refractivity contribution in [2.75, 3.05) is 7.11 Å². The van der Waals surface area contributed by atoms with Crippen molar-refractivity contribution in [3.05, 3.63) is 58.8 Å². The summed E-state index contributed by atoms with van der Waals surface area (Å²) < 4.78 is 8.74. The molecule has 3 aromatic rings. The fraction of sp³-hybridized carbons (Fsp3) is 0.200. The first kappa shape index (κ1) is 14.5. The van der Waals surface area contributed by atoms with Crippen LogP contribution in [-0.4, -0.2) is 26.4 Å². The van der Waals surface area contributed by atoms with E-state index in [1.165, 1.54) is 4.68 Å². The highest BCUT2D eigenvalue weighted by Crippen LogP contribution is 2.22. The molecule has 0 saturated carbocycles. The predicted molar refractivity (Wildman–Crippen MR) is 85.7 cm³/mol. The molecule has 0 amide bonds. The number of aromatic nitrogens is 4. The number of ether oxygens (including phenoxy) is 1. The number of thioether (sulfide) groups is 1. The van der Waals surface area contributed by atoms with Crippen LogP contribution in [0.15, 0.2) is 52.7 Å². The van der Waals surface area contributed by atoms with E-state index < -0.39 is 0 Å². The monoisotopic (exact) mass is 316 g/mol. The van der Waals surface area contributed by atoms with E-state index in [4.69, 9.17) is 4.74 Å². The molecule has 7 heteroatoms. The van der Waals surface area contributed by atoms with Gasteiger partial charge in [0.2, 0.25) is 0 Å². The van der Waals surface area contributed by atoms with E-state index in [9.17, 15) is 4.79 Å². The molecule has 1 aromatic carbocycles. The van der Waals surface area contributed by atoms with E-state index in [2.05, 4.69) is 10.1 Å². The van der Waals surface area contributed by atoms with Gasteiger partial charge in [-0.1, -0.05) is 23.9 Å². The zero-order valence-electron chi connectivity index (χ0n) is 12.3. The smallest absolute Gasteiger partial charge is 0.271 e. The third-order valence-electron chi connectivity index (χ3n) is 3.23. The second-order valence-corrected chi connectivity index (χ2v) is 5.68. The first-order valence-corrected chi connectivity index (χ1v) is 7.72. The zero-order chi connectivity index (χ0) is 15.5. The van der Waals surface area contributed by atoms with Gasteiger partial charge in [0.05, 0.1) is 7.11 Å². The average Bonchev–Trinajstić information content (AvgIpc) is 3.10. The van der Waals surface area contributed by atoms with Gasteiger partial charge in [-0.15, -0.1) is 0 Å². The summed E-state index contributed by atoms with van der Waals surface area (Å²) in [5, 5.41) is 4.03. The number of aryl methyl sites for hydroxylation is 1. The summed E-state index contributed by atoms with van der Waals surface area (Å²) in [4.78, 5) is 16.4. The molecule has 0 aliphatic carbocycles. The SMILES string of the molecule is COc1ccccc1-n1[nH]c(CSc2nccn2C)cc1=O. The van der Waals surface area contributed by atoms with Crippen molar-refractivity contribution in [1.29, 1.82) is 0 Å². The molecule has 1 N–H and O–H groups in total. The zero-order valence-corrected chi connectivity index (χ0v) is 13.1. The molecular formula is C15H16N4O2S. The highest BCUT2D eigenvalue weighted by atomic mass is 32.2. The van der Waals surface area contributed by atoms with Crippen LogP contribution in [0.5, 0.6) is 5.75 Å². The molecule has 114 valence electrons. The van der Waals surface area contributed by atoms with Gasteiger partial charge in [0.1, 0.15) is 11.4 Å². The minimum atomic E-state index is -0.111. The van der Waals surface area contributed by atoms with E-state index >= 15 is 0 Å². The summed E-state index contributed by atoms with van der Waals surface area (Å²) in [6.45, 7) is 0. The Morgan fingerprint density at radius 2 is 2.18 bits per heavy atom. The van der Waals surface area contributed by atoms with E-state index in [-0.39, 0.29) is 5.56 Å². The van der Waals surface area contributed by atoms with E-state index in [1.807, 2.05) is 42.1 Å². The molecule has 0 saturated heterocycles. The van der Waals surface area contributed by atoms with Gasteiger partial charge < -0.3 is 9.30 Å². The molecule has 22 heavy (non-hydrogen) atoms. The number of imidazole rings is 1. The van der Waals surface area contributed by atoms with Gasteiger partial charge in [0.25, 0.3) is 5.56 Å². The lowest BCUT2D eigenvalue weighted by Gasteiger charge is -2.08. The number of para-hydroxylation sites is 2. The highest BCUT2D eigenvalue weighted by Gasteiger charge is 2.10. The van der Waals surface area contributed by atoms with E-state index in [0.717, 1.165) is 10.9 Å². The number of benzene rings is 1. The summed E-state index contributed by atoms with van der Waals surface area (Å²) in [6.07, 6.45) is 3.65. The Balaban J connectivity index is 1.85. The van der Waals surface area contributed by atoms with Crippen molar-refractivity contribution < 1.29 is 4.74 Å². The number of hydrogen-bond acceptors (Lipinski definition) is 4. The molecule has 0 bridgehead atoms. The summed E-state index contributed by atoms with van der Waals surface area (Å²) in [5.74, 6) is 1.29. The minimum absolute atomic E-state index is 0.111. The van der Waals surface area contributed by atoms with Crippen LogP contribution in [0.25, 0.3) is 5.69 Å². The van der Waals surface area contributed by atoms with Gasteiger partial charge in [-0.2, -0.15) is 0 Å². The Kier molecular flexibility index (Phi) is 4.06. The molecule has 0 radical (unpaired) electrons. The Bertz CT molecular complexity index is 834. The number of methoxy groups -OCH3 is 1. The maximum atomic E-state index is 12.2. The predicted octanol–water partition coefficient (Wildman–Crippen LogP) is 2.20. The standard InChI is InChI=1S/C15H16N4O2S/c1-18-8-7-16-15(18)22-10-11-9-14(20)19(17-11)12-5-3-4-6-13(12)21-2/h3-9,17H,10H2,1-2H3. The number of nitrogens with zero attached hydrogens (tertiary/aromatic N) is 3. The Morgan fingerprint density at radius 3 is 2.91 bits per heavy atom. The minimum Gasteiger partial charge on any atom is -0.494 e. The molecule has 0 fully saturated rings. The van der Waals surface area contributed by atoms with Crippen LogP contribution in [0, 0.1) is 0 Å². The number of rotatable bonds is 5. The molecule has 6 nitrogen and oxygen atoms in total. The fourth-order valence-electron chi connectivity index (χ4n) is 2.15. The first-order valence-electron chi connectivity index (χ1n) is 6.73. The van der Waals surface area contributed by atoms with Crippen LogP contribution in [0.1, 0.15) is 5.69 Å². The topological polar surface area (TPSA) is 64.8 Å². The molecule has 0 unspecified atom stereocenters. The number of H-pyrrole nitrogens is 1. The molecule has 3 rings (SSSR count). The summed E-state index contributed by atoms with van der Waals surface area (Å²) in [7, 11) is 3.53. The number of nitrogens with one attached hydrogen (secondary N) is 1. The molecule has 0 spiro atoms. The quantitative estimate of drug-likeness (QED) is 0.733. The molecule has 0 aliphatic rings. The fourth-order valence-corrected chi connectivity index (χ4v) is 2.98. The summed E-state index contributed by atoms with van der Waals surface area (Å²) in [6, 6.07) is 9.00. The van der Waals surface area contributed by atoms with Crippen molar-refractivity contribution in [2.45, 2.75) is 10.9 Å². The van der Waals surface area contributed by atoms with Crippen molar-refractivity contribution in [2.24, 2.45) is 7.05 Å². The van der Waals surface area contributed by atoms with Crippen molar-refractivity contribution in [3.8, 4) is 11.4 Å². The molecule has 0 atom stereocenters. The maximum Gasteiger partial charge on any atom is 0.271 e. The van der Waals surface area contributed by atoms with Crippen LogP contribution < -0.4 is 10.3 Å². The van der Waals surface area contributed by atoms with Crippen molar-refractivity contribution >= 4 is 11.8 Å². The second kappa shape index (κ2) is 6.15. The number of hydrogen-bond donors (Lipinski definition) is 1. The average molecular weight is 316 g/mol. The summed E-state index contributed by atoms with van der Waals surface area (Å²) in [5.41, 5.74) is 1.42. The van der Waals surface area contributed by atoms with Crippen LogP contribution in [0.3, 0.4) is 0 Å². The molecule has 0 aliphatic heterocycles.